The molecule has 1 aromatic heterocycles. The van der Waals surface area contributed by atoms with Gasteiger partial charge in [0, 0.05) is 43.2 Å². The average molecular weight is 705 g/mol. The number of aliphatic hydroxyl groups excluding tert-OH is 1. The fourth-order valence-electron chi connectivity index (χ4n) is 4.06. The van der Waals surface area contributed by atoms with E-state index in [0.29, 0.717) is 0 Å². The summed E-state index contributed by atoms with van der Waals surface area (Å²) in [4.78, 5) is 16.4. The van der Waals surface area contributed by atoms with Crippen molar-refractivity contribution in [3.63, 3.8) is 0 Å². The molecular formula is C34H39FIrNO2-. The Morgan fingerprint density at radius 3 is 2.18 bits per heavy atom. The quantitative estimate of drug-likeness (QED) is 0.0942. The number of halogens is 1. The van der Waals surface area contributed by atoms with Crippen molar-refractivity contribution >= 4 is 27.3 Å². The fourth-order valence-corrected chi connectivity index (χ4v) is 4.06. The number of carbonyl (C=O) groups excluding carboxylic acids is 1. The number of nitrogens with zero attached hydrogens (tertiary/aromatic N) is 1. The molecule has 0 atom stereocenters. The van der Waals surface area contributed by atoms with Crippen molar-refractivity contribution in [1.82, 2.24) is 4.98 Å². The van der Waals surface area contributed by atoms with E-state index in [9.17, 15) is 14.3 Å². The number of fused-ring (bicyclic) bond motifs is 3. The normalized spacial score (nSPS) is 12.1. The molecule has 0 aliphatic rings. The van der Waals surface area contributed by atoms with Gasteiger partial charge in [-0.25, -0.2) is 4.39 Å². The van der Waals surface area contributed by atoms with Gasteiger partial charge in [0.2, 0.25) is 0 Å². The van der Waals surface area contributed by atoms with Gasteiger partial charge in [-0.15, -0.1) is 34.9 Å². The van der Waals surface area contributed by atoms with Crippen molar-refractivity contribution in [2.45, 2.75) is 68.2 Å². The summed E-state index contributed by atoms with van der Waals surface area (Å²) in [7, 11) is 0. The minimum absolute atomic E-state index is 0. The van der Waals surface area contributed by atoms with E-state index in [1.54, 1.807) is 12.3 Å². The maximum atomic E-state index is 13.7. The number of rotatable bonds is 6. The molecule has 4 aromatic rings. The van der Waals surface area contributed by atoms with E-state index in [2.05, 4.69) is 36.2 Å². The van der Waals surface area contributed by atoms with E-state index in [-0.39, 0.29) is 48.3 Å². The van der Waals surface area contributed by atoms with E-state index in [4.69, 9.17) is 0 Å². The number of aliphatic hydroxyl groups is 1. The summed E-state index contributed by atoms with van der Waals surface area (Å²) in [6.07, 6.45) is 4.78. The van der Waals surface area contributed by atoms with Gasteiger partial charge in [0.25, 0.3) is 0 Å². The molecule has 0 saturated heterocycles. The number of hydrogen-bond donors (Lipinski definition) is 1. The van der Waals surface area contributed by atoms with Crippen molar-refractivity contribution in [2.24, 2.45) is 10.8 Å². The molecule has 4 rings (SSSR count). The molecule has 0 amide bonds. The molecule has 1 radical (unpaired) electrons. The third kappa shape index (κ3) is 7.62. The fraction of sp³-hybridized carbons (Fsp3) is 0.353. The van der Waals surface area contributed by atoms with E-state index in [1.807, 2.05) is 66.7 Å². The third-order valence-corrected chi connectivity index (χ3v) is 7.52. The topological polar surface area (TPSA) is 50.2 Å². The molecule has 209 valence electrons. The predicted molar refractivity (Wildman–Crippen MR) is 157 cm³/mol. The molecule has 0 spiro atoms. The maximum absolute atomic E-state index is 13.7. The molecule has 0 bridgehead atoms. The van der Waals surface area contributed by atoms with Crippen LogP contribution in [0.4, 0.5) is 4.39 Å². The van der Waals surface area contributed by atoms with Gasteiger partial charge in [-0.3, -0.25) is 4.79 Å². The van der Waals surface area contributed by atoms with Crippen LogP contribution in [0.1, 0.15) is 65.5 Å². The zero-order chi connectivity index (χ0) is 28.3. The summed E-state index contributed by atoms with van der Waals surface area (Å²) in [6, 6.07) is 18.5. The first-order valence-electron chi connectivity index (χ1n) is 13.2. The Hall–Kier alpha value is -2.88. The van der Waals surface area contributed by atoms with Crippen LogP contribution in [0.2, 0.25) is 0 Å². The van der Waals surface area contributed by atoms with Crippen molar-refractivity contribution in [1.29, 1.82) is 0 Å². The number of aromatic nitrogens is 1. The Bertz CT molecular complexity index is 1480. The van der Waals surface area contributed by atoms with Crippen molar-refractivity contribution in [2.75, 3.05) is 0 Å². The number of hydrogen-bond acceptors (Lipinski definition) is 3. The Balaban J connectivity index is 0.000000294. The molecule has 0 aliphatic carbocycles. The minimum Gasteiger partial charge on any atom is -0.512 e. The van der Waals surface area contributed by atoms with E-state index < -0.39 is 0 Å². The summed E-state index contributed by atoms with van der Waals surface area (Å²) in [5.41, 5.74) is 3.45. The van der Waals surface area contributed by atoms with Crippen molar-refractivity contribution in [3.8, 4) is 11.3 Å². The van der Waals surface area contributed by atoms with Crippen LogP contribution in [-0.4, -0.2) is 15.9 Å². The second-order valence-electron chi connectivity index (χ2n) is 11.3. The number of carbonyl (C=O) groups is 1. The zero-order valence-electron chi connectivity index (χ0n) is 24.2. The van der Waals surface area contributed by atoms with Gasteiger partial charge >= 0.3 is 0 Å². The molecule has 1 heterocycles. The molecule has 0 fully saturated rings. The second-order valence-corrected chi connectivity index (χ2v) is 11.3. The van der Waals surface area contributed by atoms with Crippen LogP contribution in [0.15, 0.2) is 66.6 Å². The van der Waals surface area contributed by atoms with Crippen LogP contribution in [0.25, 0.3) is 32.8 Å². The first-order chi connectivity index (χ1) is 17.8. The average Bonchev–Trinajstić information content (AvgIpc) is 2.87. The smallest absolute Gasteiger partial charge is 0.164 e. The zero-order valence-corrected chi connectivity index (χ0v) is 26.6. The second kappa shape index (κ2) is 13.0. The number of allylic oxidation sites excluding steroid dienone is 2. The number of pyridine rings is 1. The largest absolute Gasteiger partial charge is 0.512 e. The molecule has 0 unspecified atom stereocenters. The summed E-state index contributed by atoms with van der Waals surface area (Å²) in [6.45, 7) is 15.8. The first kappa shape index (κ1) is 32.3. The third-order valence-electron chi connectivity index (χ3n) is 7.52. The van der Waals surface area contributed by atoms with Crippen LogP contribution in [0.5, 0.6) is 0 Å². The molecule has 0 aliphatic heterocycles. The van der Waals surface area contributed by atoms with Crippen LogP contribution >= 0.6 is 0 Å². The molecule has 39 heavy (non-hydrogen) atoms. The molecule has 5 heteroatoms. The number of benzene rings is 3. The molecule has 3 aromatic carbocycles. The van der Waals surface area contributed by atoms with Gasteiger partial charge in [-0.1, -0.05) is 73.6 Å². The van der Waals surface area contributed by atoms with E-state index in [1.165, 1.54) is 17.7 Å². The predicted octanol–water partition coefficient (Wildman–Crippen LogP) is 9.48. The Morgan fingerprint density at radius 1 is 0.923 bits per heavy atom. The minimum atomic E-state index is -0.377. The maximum Gasteiger partial charge on any atom is 0.164 e. The van der Waals surface area contributed by atoms with Gasteiger partial charge in [-0.2, -0.15) is 0 Å². The summed E-state index contributed by atoms with van der Waals surface area (Å²) in [5.74, 6) is -0.0260. The van der Waals surface area contributed by atoms with Gasteiger partial charge < -0.3 is 10.1 Å². The van der Waals surface area contributed by atoms with Crippen molar-refractivity contribution < 1.29 is 34.4 Å². The summed E-state index contributed by atoms with van der Waals surface area (Å²) < 4.78 is 13.7. The molecule has 3 nitrogen and oxygen atoms in total. The summed E-state index contributed by atoms with van der Waals surface area (Å²) >= 11 is 0. The molecule has 1 N–H and O–H groups in total. The van der Waals surface area contributed by atoms with E-state index in [0.717, 1.165) is 51.2 Å². The van der Waals surface area contributed by atoms with Gasteiger partial charge in [0.1, 0.15) is 11.6 Å². The summed E-state index contributed by atoms with van der Waals surface area (Å²) in [5, 5.41) is 13.8. The SMILES string of the molecule is CCC(C)(C)C(=O)C=C(O)C(C)(C)CC.Cc1[c-]c(-c2nccc3c2ccc2ccc(F)cc23)cc(C)c1.[Ir]. The first-order valence-corrected chi connectivity index (χ1v) is 13.2. The van der Waals surface area contributed by atoms with Crippen LogP contribution in [0, 0.1) is 36.6 Å². The number of aryl methyl sites for hydroxylation is 2. The number of ketones is 1. The van der Waals surface area contributed by atoms with Crippen LogP contribution in [-0.2, 0) is 24.9 Å². The molecule has 0 saturated carbocycles. The Kier molecular flexibility index (Phi) is 10.8. The van der Waals surface area contributed by atoms with Crippen molar-refractivity contribution in [3.05, 3.63) is 89.6 Å². The molecular weight excluding hydrogens is 666 g/mol. The van der Waals surface area contributed by atoms with Gasteiger partial charge in [-0.05, 0) is 58.3 Å². The van der Waals surface area contributed by atoms with Crippen LogP contribution in [0.3, 0.4) is 0 Å². The van der Waals surface area contributed by atoms with Gasteiger partial charge in [0.15, 0.2) is 5.78 Å². The monoisotopic (exact) mass is 705 g/mol. The van der Waals surface area contributed by atoms with E-state index >= 15 is 0 Å². The van der Waals surface area contributed by atoms with Crippen LogP contribution < -0.4 is 0 Å². The Morgan fingerprint density at radius 2 is 1.56 bits per heavy atom. The Labute approximate surface area is 245 Å². The van der Waals surface area contributed by atoms with Gasteiger partial charge in [0.05, 0.1) is 0 Å². The standard InChI is InChI=1S/C21H15FN.C13H24O2.Ir/c1-13-9-14(2)11-16(10-13)21-19-6-4-15-3-5-17(22)12-20(15)18(19)7-8-23-21;1-7-12(3,4)10(14)9-11(15)13(5,6)8-2;/h3-10,12H,1-2H3;9,14H,7-8H2,1-6H3;/q-1;;.